The molecule has 0 aromatic rings. The fourth-order valence-electron chi connectivity index (χ4n) is 0.703. The number of carbonyl (C=O) groups is 1. The largest absolute Gasteiger partial charge is 0.338 e. The summed E-state index contributed by atoms with van der Waals surface area (Å²) in [4.78, 5) is 10.9. The maximum absolute atomic E-state index is 12.3. The summed E-state index contributed by atoms with van der Waals surface area (Å²) >= 11 is 0. The summed E-state index contributed by atoms with van der Waals surface area (Å²) in [5, 5.41) is 10.7. The van der Waals surface area contributed by atoms with E-state index in [9.17, 15) is 13.6 Å². The Morgan fingerprint density at radius 1 is 1.46 bits per heavy atom. The Kier molecular flexibility index (Phi) is 3.35. The van der Waals surface area contributed by atoms with Gasteiger partial charge in [-0.15, -0.1) is 0 Å². The number of nitrogens with one attached hydrogen (secondary N) is 1. The SMILES string of the molecule is CC(F)(F)CC(=O)NC(C)(C)C#N. The number of amides is 1. The molecule has 1 amide bonds. The molecular formula is C8H12F2N2O. The van der Waals surface area contributed by atoms with Crippen molar-refractivity contribution in [3.8, 4) is 6.07 Å². The smallest absolute Gasteiger partial charge is 0.254 e. The fraction of sp³-hybridized carbons (Fsp3) is 0.750. The van der Waals surface area contributed by atoms with E-state index < -0.39 is 23.8 Å². The Bertz CT molecular complexity index is 238. The summed E-state index contributed by atoms with van der Waals surface area (Å²) in [6.45, 7) is 3.54. The number of carbonyl (C=O) groups excluding carboxylic acids is 1. The Labute approximate surface area is 75.7 Å². The maximum Gasteiger partial charge on any atom is 0.254 e. The number of hydrogen-bond donors (Lipinski definition) is 1. The molecule has 0 aliphatic carbocycles. The van der Waals surface area contributed by atoms with Crippen LogP contribution >= 0.6 is 0 Å². The monoisotopic (exact) mass is 190 g/mol. The van der Waals surface area contributed by atoms with Gasteiger partial charge in [-0.25, -0.2) is 8.78 Å². The Morgan fingerprint density at radius 3 is 2.23 bits per heavy atom. The predicted molar refractivity (Wildman–Crippen MR) is 43.1 cm³/mol. The minimum Gasteiger partial charge on any atom is -0.338 e. The van der Waals surface area contributed by atoms with Gasteiger partial charge in [0.2, 0.25) is 5.91 Å². The van der Waals surface area contributed by atoms with Crippen LogP contribution in [0.5, 0.6) is 0 Å². The summed E-state index contributed by atoms with van der Waals surface area (Å²) in [5.74, 6) is -3.85. The predicted octanol–water partition coefficient (Wildman–Crippen LogP) is 1.45. The zero-order valence-corrected chi connectivity index (χ0v) is 7.82. The summed E-state index contributed by atoms with van der Waals surface area (Å²) in [5.41, 5.74) is -1.09. The van der Waals surface area contributed by atoms with E-state index in [0.717, 1.165) is 0 Å². The van der Waals surface area contributed by atoms with E-state index >= 15 is 0 Å². The summed E-state index contributed by atoms with van der Waals surface area (Å²) in [6.07, 6.45) is -0.891. The highest BCUT2D eigenvalue weighted by Gasteiger charge is 2.28. The number of alkyl halides is 2. The molecule has 13 heavy (non-hydrogen) atoms. The average Bonchev–Trinajstić information content (AvgIpc) is 1.81. The lowest BCUT2D eigenvalue weighted by Gasteiger charge is -2.18. The van der Waals surface area contributed by atoms with Gasteiger partial charge in [0.05, 0.1) is 12.5 Å². The molecule has 0 aliphatic rings. The number of halogens is 2. The third-order valence-electron chi connectivity index (χ3n) is 1.20. The molecular weight excluding hydrogens is 178 g/mol. The second kappa shape index (κ2) is 3.69. The molecule has 3 nitrogen and oxygen atoms in total. The van der Waals surface area contributed by atoms with Crippen LogP contribution in [0.1, 0.15) is 27.2 Å². The van der Waals surface area contributed by atoms with Crippen LogP contribution < -0.4 is 5.32 Å². The van der Waals surface area contributed by atoms with Crippen molar-refractivity contribution in [2.24, 2.45) is 0 Å². The first kappa shape index (κ1) is 11.8. The summed E-state index contributed by atoms with van der Waals surface area (Å²) in [6, 6.07) is 1.78. The Balaban J connectivity index is 4.13. The van der Waals surface area contributed by atoms with E-state index in [1.165, 1.54) is 13.8 Å². The Hall–Kier alpha value is -1.18. The van der Waals surface area contributed by atoms with Gasteiger partial charge in [0.25, 0.3) is 5.92 Å². The van der Waals surface area contributed by atoms with Crippen molar-refractivity contribution in [2.45, 2.75) is 38.7 Å². The highest BCUT2D eigenvalue weighted by molar-refractivity contribution is 5.77. The molecule has 0 saturated carbocycles. The van der Waals surface area contributed by atoms with Crippen LogP contribution in [0.2, 0.25) is 0 Å². The molecule has 0 atom stereocenters. The number of hydrogen-bond acceptors (Lipinski definition) is 2. The third-order valence-corrected chi connectivity index (χ3v) is 1.20. The fourth-order valence-corrected chi connectivity index (χ4v) is 0.703. The van der Waals surface area contributed by atoms with Crippen LogP contribution in [-0.2, 0) is 4.79 Å². The number of nitrogens with zero attached hydrogens (tertiary/aromatic N) is 1. The zero-order chi connectivity index (χ0) is 10.7. The first-order valence-electron chi connectivity index (χ1n) is 3.76. The molecule has 0 aliphatic heterocycles. The van der Waals surface area contributed by atoms with Crippen LogP contribution in [0.25, 0.3) is 0 Å². The molecule has 0 rings (SSSR count). The molecule has 0 spiro atoms. The molecule has 1 N–H and O–H groups in total. The lowest BCUT2D eigenvalue weighted by atomic mass is 10.1. The minimum absolute atomic E-state index is 0.659. The second-order valence-electron chi connectivity index (χ2n) is 3.53. The van der Waals surface area contributed by atoms with Gasteiger partial charge < -0.3 is 5.32 Å². The molecule has 74 valence electrons. The molecule has 0 unspecified atom stereocenters. The van der Waals surface area contributed by atoms with Crippen molar-refractivity contribution in [3.63, 3.8) is 0 Å². The maximum atomic E-state index is 12.3. The van der Waals surface area contributed by atoms with Crippen molar-refractivity contribution in [2.75, 3.05) is 0 Å². The van der Waals surface area contributed by atoms with E-state index in [-0.39, 0.29) is 0 Å². The molecule has 0 aromatic carbocycles. The van der Waals surface area contributed by atoms with Gasteiger partial charge in [0.15, 0.2) is 0 Å². The Morgan fingerprint density at radius 2 is 1.92 bits per heavy atom. The molecule has 0 bridgehead atoms. The van der Waals surface area contributed by atoms with Gasteiger partial charge in [-0.2, -0.15) is 5.26 Å². The van der Waals surface area contributed by atoms with Gasteiger partial charge in [-0.3, -0.25) is 4.79 Å². The quantitative estimate of drug-likeness (QED) is 0.732. The standard InChI is InChI=1S/C8H12F2N2O/c1-7(2,5-11)12-6(13)4-8(3,9)10/h4H2,1-3H3,(H,12,13). The van der Waals surface area contributed by atoms with Gasteiger partial charge in [-0.05, 0) is 20.8 Å². The van der Waals surface area contributed by atoms with E-state index in [2.05, 4.69) is 5.32 Å². The van der Waals surface area contributed by atoms with Crippen molar-refractivity contribution in [1.82, 2.24) is 5.32 Å². The van der Waals surface area contributed by atoms with Crippen molar-refractivity contribution in [3.05, 3.63) is 0 Å². The van der Waals surface area contributed by atoms with Crippen molar-refractivity contribution in [1.29, 1.82) is 5.26 Å². The molecule has 0 heterocycles. The normalized spacial score (nSPS) is 12.0. The molecule has 0 fully saturated rings. The van der Waals surface area contributed by atoms with Gasteiger partial charge in [0.1, 0.15) is 5.54 Å². The average molecular weight is 190 g/mol. The molecule has 0 saturated heterocycles. The van der Waals surface area contributed by atoms with Crippen molar-refractivity contribution < 1.29 is 13.6 Å². The zero-order valence-electron chi connectivity index (χ0n) is 7.82. The highest BCUT2D eigenvalue weighted by atomic mass is 19.3. The number of rotatable bonds is 3. The topological polar surface area (TPSA) is 52.9 Å². The third kappa shape index (κ3) is 6.02. The van der Waals surface area contributed by atoms with Gasteiger partial charge in [0, 0.05) is 0 Å². The van der Waals surface area contributed by atoms with Crippen LogP contribution in [0.3, 0.4) is 0 Å². The molecule has 5 heteroatoms. The van der Waals surface area contributed by atoms with Gasteiger partial charge >= 0.3 is 0 Å². The van der Waals surface area contributed by atoms with Crippen LogP contribution in [0.15, 0.2) is 0 Å². The highest BCUT2D eigenvalue weighted by Crippen LogP contribution is 2.16. The summed E-state index contributed by atoms with van der Waals surface area (Å²) in [7, 11) is 0. The van der Waals surface area contributed by atoms with E-state index in [0.29, 0.717) is 6.92 Å². The van der Waals surface area contributed by atoms with E-state index in [1.807, 2.05) is 0 Å². The van der Waals surface area contributed by atoms with E-state index in [1.54, 1.807) is 6.07 Å². The van der Waals surface area contributed by atoms with Crippen molar-refractivity contribution >= 4 is 5.91 Å². The molecule has 0 radical (unpaired) electrons. The van der Waals surface area contributed by atoms with Gasteiger partial charge in [-0.1, -0.05) is 0 Å². The number of nitriles is 1. The lowest BCUT2D eigenvalue weighted by molar-refractivity contribution is -0.128. The molecule has 0 aromatic heterocycles. The lowest BCUT2D eigenvalue weighted by Crippen LogP contribution is -2.43. The summed E-state index contributed by atoms with van der Waals surface area (Å²) < 4.78 is 24.6. The first-order valence-corrected chi connectivity index (χ1v) is 3.76. The first-order chi connectivity index (χ1) is 5.66. The van der Waals surface area contributed by atoms with E-state index in [4.69, 9.17) is 5.26 Å². The second-order valence-corrected chi connectivity index (χ2v) is 3.53. The van der Waals surface area contributed by atoms with Crippen LogP contribution in [0, 0.1) is 11.3 Å². The minimum atomic E-state index is -3.03. The van der Waals surface area contributed by atoms with Crippen LogP contribution in [0.4, 0.5) is 8.78 Å². The van der Waals surface area contributed by atoms with Crippen LogP contribution in [-0.4, -0.2) is 17.4 Å².